The number of pyridine rings is 1. The Labute approximate surface area is 104 Å². The van der Waals surface area contributed by atoms with Crippen LogP contribution in [0.15, 0.2) is 23.3 Å². The zero-order valence-electron chi connectivity index (χ0n) is 10.4. The van der Waals surface area contributed by atoms with E-state index in [1.807, 2.05) is 26.1 Å². The summed E-state index contributed by atoms with van der Waals surface area (Å²) in [6, 6.07) is 2.04. The van der Waals surface area contributed by atoms with Crippen molar-refractivity contribution in [3.05, 3.63) is 51.2 Å². The number of hydrogen-bond acceptors (Lipinski definition) is 4. The van der Waals surface area contributed by atoms with Crippen LogP contribution in [0.2, 0.25) is 0 Å². The van der Waals surface area contributed by atoms with E-state index in [0.717, 1.165) is 24.5 Å². The third kappa shape index (κ3) is 1.59. The molecule has 1 aliphatic heterocycles. The van der Waals surface area contributed by atoms with E-state index in [0.29, 0.717) is 5.56 Å². The summed E-state index contributed by atoms with van der Waals surface area (Å²) in [6.45, 7) is 5.45. The minimum atomic E-state index is -0.127. The highest BCUT2D eigenvalue weighted by Crippen LogP contribution is 2.29. The standard InChI is InChI=1S/C13H14N4O/c1-8-12(5-15-16-13(8)18)17-6-10-3-4-14-9(2)11(10)7-17/h3-5H,6-7H2,1-2H3,(H,16,18). The van der Waals surface area contributed by atoms with Crippen LogP contribution >= 0.6 is 0 Å². The number of aromatic nitrogens is 3. The van der Waals surface area contributed by atoms with Gasteiger partial charge in [-0.1, -0.05) is 0 Å². The van der Waals surface area contributed by atoms with Gasteiger partial charge in [-0.05, 0) is 31.0 Å². The van der Waals surface area contributed by atoms with Crippen molar-refractivity contribution in [2.45, 2.75) is 26.9 Å². The highest BCUT2D eigenvalue weighted by Gasteiger charge is 2.23. The summed E-state index contributed by atoms with van der Waals surface area (Å²) in [7, 11) is 0. The zero-order valence-corrected chi connectivity index (χ0v) is 10.4. The van der Waals surface area contributed by atoms with Gasteiger partial charge in [-0.3, -0.25) is 9.78 Å². The van der Waals surface area contributed by atoms with Gasteiger partial charge in [0.2, 0.25) is 0 Å². The van der Waals surface area contributed by atoms with Crippen molar-refractivity contribution in [1.82, 2.24) is 15.2 Å². The molecule has 3 heterocycles. The lowest BCUT2D eigenvalue weighted by Crippen LogP contribution is -2.21. The van der Waals surface area contributed by atoms with Gasteiger partial charge in [-0.2, -0.15) is 5.10 Å². The van der Waals surface area contributed by atoms with Crippen LogP contribution in [0, 0.1) is 13.8 Å². The molecule has 0 aromatic carbocycles. The minimum Gasteiger partial charge on any atom is -0.361 e. The maximum Gasteiger partial charge on any atom is 0.269 e. The molecule has 0 radical (unpaired) electrons. The topological polar surface area (TPSA) is 61.9 Å². The van der Waals surface area contributed by atoms with Gasteiger partial charge in [-0.25, -0.2) is 5.10 Å². The van der Waals surface area contributed by atoms with E-state index in [1.54, 1.807) is 6.20 Å². The number of hydrogen-bond donors (Lipinski definition) is 1. The third-order valence-corrected chi connectivity index (χ3v) is 3.50. The van der Waals surface area contributed by atoms with Crippen molar-refractivity contribution in [3.8, 4) is 0 Å². The van der Waals surface area contributed by atoms with Crippen LogP contribution < -0.4 is 10.5 Å². The van der Waals surface area contributed by atoms with Crippen LogP contribution in [0.3, 0.4) is 0 Å². The molecule has 0 amide bonds. The Morgan fingerprint density at radius 3 is 2.94 bits per heavy atom. The maximum atomic E-state index is 11.6. The summed E-state index contributed by atoms with van der Waals surface area (Å²) in [5.41, 5.74) is 5.08. The highest BCUT2D eigenvalue weighted by molar-refractivity contribution is 5.54. The number of H-pyrrole nitrogens is 1. The number of nitrogens with zero attached hydrogens (tertiary/aromatic N) is 3. The van der Waals surface area contributed by atoms with Gasteiger partial charge in [0, 0.05) is 30.5 Å². The van der Waals surface area contributed by atoms with Crippen molar-refractivity contribution >= 4 is 5.69 Å². The van der Waals surface area contributed by atoms with E-state index in [-0.39, 0.29) is 5.56 Å². The molecule has 0 aliphatic carbocycles. The Kier molecular flexibility index (Phi) is 2.40. The normalized spacial score (nSPS) is 13.8. The maximum absolute atomic E-state index is 11.6. The third-order valence-electron chi connectivity index (χ3n) is 3.50. The smallest absolute Gasteiger partial charge is 0.269 e. The first-order chi connectivity index (χ1) is 8.66. The van der Waals surface area contributed by atoms with E-state index < -0.39 is 0 Å². The Balaban J connectivity index is 2.02. The summed E-state index contributed by atoms with van der Waals surface area (Å²) in [5, 5.41) is 6.33. The van der Waals surface area contributed by atoms with Gasteiger partial charge in [0.15, 0.2) is 0 Å². The van der Waals surface area contributed by atoms with E-state index in [1.165, 1.54) is 11.1 Å². The monoisotopic (exact) mass is 242 g/mol. The summed E-state index contributed by atoms with van der Waals surface area (Å²) < 4.78 is 0. The molecule has 18 heavy (non-hydrogen) atoms. The molecule has 2 aromatic heterocycles. The van der Waals surface area contributed by atoms with Gasteiger partial charge >= 0.3 is 0 Å². The van der Waals surface area contributed by atoms with E-state index in [4.69, 9.17) is 0 Å². The quantitative estimate of drug-likeness (QED) is 0.818. The number of rotatable bonds is 1. The lowest BCUT2D eigenvalue weighted by atomic mass is 10.1. The molecule has 1 N–H and O–H groups in total. The van der Waals surface area contributed by atoms with Crippen LogP contribution in [-0.4, -0.2) is 15.2 Å². The van der Waals surface area contributed by atoms with Gasteiger partial charge in [0.05, 0.1) is 11.9 Å². The molecule has 0 spiro atoms. The van der Waals surface area contributed by atoms with E-state index in [2.05, 4.69) is 20.1 Å². The molecule has 5 nitrogen and oxygen atoms in total. The first-order valence-corrected chi connectivity index (χ1v) is 5.89. The molecule has 0 saturated carbocycles. The molecule has 0 saturated heterocycles. The number of aromatic amines is 1. The fourth-order valence-electron chi connectivity index (χ4n) is 2.40. The summed E-state index contributed by atoms with van der Waals surface area (Å²) in [5.74, 6) is 0. The first kappa shape index (κ1) is 11.0. The molecule has 92 valence electrons. The van der Waals surface area contributed by atoms with Crippen LogP contribution in [0.4, 0.5) is 5.69 Å². The lowest BCUT2D eigenvalue weighted by Gasteiger charge is -2.18. The second-order valence-electron chi connectivity index (χ2n) is 4.60. The zero-order chi connectivity index (χ0) is 12.7. The average molecular weight is 242 g/mol. The first-order valence-electron chi connectivity index (χ1n) is 5.89. The Morgan fingerprint density at radius 1 is 1.33 bits per heavy atom. The van der Waals surface area contributed by atoms with Crippen molar-refractivity contribution < 1.29 is 0 Å². The molecular weight excluding hydrogens is 228 g/mol. The van der Waals surface area contributed by atoms with Crippen LogP contribution in [0.1, 0.15) is 22.4 Å². The fourth-order valence-corrected chi connectivity index (χ4v) is 2.40. The summed E-state index contributed by atoms with van der Waals surface area (Å²) in [6.07, 6.45) is 3.55. The van der Waals surface area contributed by atoms with Crippen LogP contribution in [0.25, 0.3) is 0 Å². The van der Waals surface area contributed by atoms with Crippen molar-refractivity contribution in [3.63, 3.8) is 0 Å². The molecule has 3 rings (SSSR count). The predicted octanol–water partition coefficient (Wildman–Crippen LogP) is 1.30. The number of anilines is 1. The fraction of sp³-hybridized carbons (Fsp3) is 0.308. The minimum absolute atomic E-state index is 0.127. The molecule has 1 aliphatic rings. The number of nitrogens with one attached hydrogen (secondary N) is 1. The Morgan fingerprint density at radius 2 is 2.17 bits per heavy atom. The van der Waals surface area contributed by atoms with E-state index >= 15 is 0 Å². The molecular formula is C13H14N4O. The van der Waals surface area contributed by atoms with Crippen molar-refractivity contribution in [2.75, 3.05) is 4.90 Å². The number of fused-ring (bicyclic) bond motifs is 1. The predicted molar refractivity (Wildman–Crippen MR) is 68.5 cm³/mol. The summed E-state index contributed by atoms with van der Waals surface area (Å²) in [4.78, 5) is 18.1. The summed E-state index contributed by atoms with van der Waals surface area (Å²) >= 11 is 0. The molecule has 0 atom stereocenters. The molecule has 0 unspecified atom stereocenters. The molecule has 0 bridgehead atoms. The average Bonchev–Trinajstić information content (AvgIpc) is 2.78. The van der Waals surface area contributed by atoms with Gasteiger partial charge in [0.1, 0.15) is 0 Å². The van der Waals surface area contributed by atoms with Crippen molar-refractivity contribution in [2.24, 2.45) is 0 Å². The SMILES string of the molecule is Cc1nccc2c1CN(c1cn[nH]c(=O)c1C)C2. The van der Waals surface area contributed by atoms with Crippen LogP contribution in [0.5, 0.6) is 0 Å². The van der Waals surface area contributed by atoms with Crippen molar-refractivity contribution in [1.29, 1.82) is 0 Å². The largest absolute Gasteiger partial charge is 0.361 e. The highest BCUT2D eigenvalue weighted by atomic mass is 16.1. The van der Waals surface area contributed by atoms with Crippen LogP contribution in [-0.2, 0) is 13.1 Å². The lowest BCUT2D eigenvalue weighted by molar-refractivity contribution is 0.846. The molecule has 5 heteroatoms. The van der Waals surface area contributed by atoms with Gasteiger partial charge in [0.25, 0.3) is 5.56 Å². The Hall–Kier alpha value is -2.17. The Bertz CT molecular complexity index is 662. The second-order valence-corrected chi connectivity index (χ2v) is 4.60. The van der Waals surface area contributed by atoms with Gasteiger partial charge < -0.3 is 4.90 Å². The molecule has 0 fully saturated rings. The molecule has 2 aromatic rings. The van der Waals surface area contributed by atoms with E-state index in [9.17, 15) is 4.79 Å². The number of aryl methyl sites for hydroxylation is 1. The second kappa shape index (κ2) is 3.94. The van der Waals surface area contributed by atoms with Gasteiger partial charge in [-0.15, -0.1) is 0 Å².